The Balaban J connectivity index is 1.38. The smallest absolute Gasteiger partial charge is 0.410 e. The maximum atomic E-state index is 12.5. The van der Waals surface area contributed by atoms with Crippen LogP contribution in [-0.4, -0.2) is 55.1 Å². The zero-order valence-corrected chi connectivity index (χ0v) is 23.8. The summed E-state index contributed by atoms with van der Waals surface area (Å²) in [4.78, 5) is 18.4. The molecule has 0 bridgehead atoms. The molecule has 1 aromatic rings. The second-order valence-corrected chi connectivity index (χ2v) is 10.6. The largest absolute Gasteiger partial charge is 0.447 e. The Morgan fingerprint density at radius 1 is 0.919 bits per heavy atom. The standard InChI is InChI=1S/C31H54N2O4/c1-3-5-6-7-8-9-10-11-12-13-14-15-16-19-22-35-25-28-23-30(36-26-28)27-37-31(34)33(4-2)24-29-20-17-18-21-32-29/h17-18,20-21,28,30H,3-16,19,22-27H2,1-2H3/t28-,30-/m0/s1. The second kappa shape index (κ2) is 21.3. The van der Waals surface area contributed by atoms with Crippen LogP contribution in [0.15, 0.2) is 24.4 Å². The highest BCUT2D eigenvalue weighted by atomic mass is 16.6. The molecule has 0 aliphatic carbocycles. The summed E-state index contributed by atoms with van der Waals surface area (Å²) >= 11 is 0. The molecule has 0 saturated carbocycles. The van der Waals surface area contributed by atoms with Gasteiger partial charge in [0.2, 0.25) is 0 Å². The number of amides is 1. The summed E-state index contributed by atoms with van der Waals surface area (Å²) < 4.78 is 17.3. The Bertz CT molecular complexity index is 672. The van der Waals surface area contributed by atoms with Crippen LogP contribution in [0.25, 0.3) is 0 Å². The third-order valence-corrected chi connectivity index (χ3v) is 7.27. The van der Waals surface area contributed by atoms with Crippen molar-refractivity contribution in [1.29, 1.82) is 0 Å². The molecule has 212 valence electrons. The van der Waals surface area contributed by atoms with Crippen molar-refractivity contribution in [3.8, 4) is 0 Å². The fourth-order valence-electron chi connectivity index (χ4n) is 4.91. The molecule has 1 saturated heterocycles. The molecule has 6 nitrogen and oxygen atoms in total. The number of carbonyl (C=O) groups is 1. The van der Waals surface area contributed by atoms with E-state index in [1.54, 1.807) is 11.1 Å². The maximum Gasteiger partial charge on any atom is 0.410 e. The summed E-state index contributed by atoms with van der Waals surface area (Å²) in [5.41, 5.74) is 0.856. The van der Waals surface area contributed by atoms with Crippen molar-refractivity contribution in [1.82, 2.24) is 9.88 Å². The topological polar surface area (TPSA) is 60.9 Å². The SMILES string of the molecule is CCCCCCCCCCCCCCCCOC[C@H]1CO[C@H](COC(=O)N(CC)Cc2ccccn2)C1. The van der Waals surface area contributed by atoms with Gasteiger partial charge in [-0.1, -0.05) is 96.5 Å². The molecule has 1 aromatic heterocycles. The fraction of sp³-hybridized carbons (Fsp3) is 0.806. The van der Waals surface area contributed by atoms with Crippen molar-refractivity contribution < 1.29 is 19.0 Å². The van der Waals surface area contributed by atoms with E-state index in [9.17, 15) is 4.79 Å². The zero-order valence-electron chi connectivity index (χ0n) is 23.8. The Hall–Kier alpha value is -1.66. The van der Waals surface area contributed by atoms with E-state index in [4.69, 9.17) is 14.2 Å². The molecule has 6 heteroatoms. The lowest BCUT2D eigenvalue weighted by molar-refractivity contribution is 0.0268. The predicted molar refractivity (Wildman–Crippen MR) is 151 cm³/mol. The van der Waals surface area contributed by atoms with Gasteiger partial charge in [-0.05, 0) is 31.9 Å². The van der Waals surface area contributed by atoms with Gasteiger partial charge in [0, 0.05) is 25.3 Å². The van der Waals surface area contributed by atoms with E-state index in [2.05, 4.69) is 11.9 Å². The van der Waals surface area contributed by atoms with Crippen molar-refractivity contribution in [3.63, 3.8) is 0 Å². The molecule has 1 amide bonds. The molecule has 0 unspecified atom stereocenters. The highest BCUT2D eigenvalue weighted by molar-refractivity contribution is 5.67. The van der Waals surface area contributed by atoms with E-state index in [0.717, 1.165) is 31.7 Å². The zero-order chi connectivity index (χ0) is 26.4. The van der Waals surface area contributed by atoms with E-state index in [0.29, 0.717) is 32.2 Å². The fourth-order valence-corrected chi connectivity index (χ4v) is 4.91. The van der Waals surface area contributed by atoms with Crippen molar-refractivity contribution in [2.24, 2.45) is 5.92 Å². The van der Waals surface area contributed by atoms with Crippen molar-refractivity contribution in [3.05, 3.63) is 30.1 Å². The second-order valence-electron chi connectivity index (χ2n) is 10.6. The number of aromatic nitrogens is 1. The van der Waals surface area contributed by atoms with Crippen LogP contribution in [0.4, 0.5) is 4.79 Å². The molecular formula is C31H54N2O4. The van der Waals surface area contributed by atoms with Gasteiger partial charge in [-0.3, -0.25) is 4.98 Å². The number of carbonyl (C=O) groups excluding carboxylic acids is 1. The Kier molecular flexibility index (Phi) is 18.2. The van der Waals surface area contributed by atoms with Gasteiger partial charge in [0.1, 0.15) is 6.61 Å². The minimum absolute atomic E-state index is 0.0350. The van der Waals surface area contributed by atoms with Crippen LogP contribution < -0.4 is 0 Å². The van der Waals surface area contributed by atoms with Gasteiger partial charge >= 0.3 is 6.09 Å². The lowest BCUT2D eigenvalue weighted by atomic mass is 10.0. The monoisotopic (exact) mass is 518 g/mol. The van der Waals surface area contributed by atoms with Gasteiger partial charge in [0.25, 0.3) is 0 Å². The van der Waals surface area contributed by atoms with Gasteiger partial charge in [-0.25, -0.2) is 4.79 Å². The van der Waals surface area contributed by atoms with Crippen LogP contribution >= 0.6 is 0 Å². The minimum Gasteiger partial charge on any atom is -0.447 e. The minimum atomic E-state index is -0.311. The molecule has 1 fully saturated rings. The Labute approximate surface area is 226 Å². The molecule has 0 aromatic carbocycles. The first-order valence-corrected chi connectivity index (χ1v) is 15.2. The number of rotatable bonds is 22. The lowest BCUT2D eigenvalue weighted by Gasteiger charge is -2.21. The van der Waals surface area contributed by atoms with Crippen LogP contribution in [-0.2, 0) is 20.8 Å². The number of hydrogen-bond donors (Lipinski definition) is 0. The van der Waals surface area contributed by atoms with E-state index in [-0.39, 0.29) is 12.2 Å². The first-order valence-electron chi connectivity index (χ1n) is 15.2. The van der Waals surface area contributed by atoms with Crippen LogP contribution in [0.5, 0.6) is 0 Å². The summed E-state index contributed by atoms with van der Waals surface area (Å²) in [7, 11) is 0. The number of ether oxygens (including phenoxy) is 3. The molecule has 2 heterocycles. The van der Waals surface area contributed by atoms with Gasteiger partial charge in [0.05, 0.1) is 31.6 Å². The molecule has 0 radical (unpaired) electrons. The molecule has 2 atom stereocenters. The molecule has 37 heavy (non-hydrogen) atoms. The van der Waals surface area contributed by atoms with Crippen LogP contribution in [0.2, 0.25) is 0 Å². The third kappa shape index (κ3) is 15.4. The van der Waals surface area contributed by atoms with Crippen LogP contribution in [0.1, 0.15) is 116 Å². The summed E-state index contributed by atoms with van der Waals surface area (Å²) in [5.74, 6) is 0.395. The van der Waals surface area contributed by atoms with Gasteiger partial charge in [0.15, 0.2) is 0 Å². The quantitative estimate of drug-likeness (QED) is 0.146. The van der Waals surface area contributed by atoms with Gasteiger partial charge in [-0.2, -0.15) is 0 Å². The van der Waals surface area contributed by atoms with E-state index in [1.807, 2.05) is 25.1 Å². The number of hydrogen-bond acceptors (Lipinski definition) is 5. The Morgan fingerprint density at radius 2 is 1.57 bits per heavy atom. The van der Waals surface area contributed by atoms with Gasteiger partial charge in [-0.15, -0.1) is 0 Å². The van der Waals surface area contributed by atoms with E-state index >= 15 is 0 Å². The molecule has 1 aliphatic heterocycles. The Morgan fingerprint density at radius 3 is 2.16 bits per heavy atom. The summed E-state index contributed by atoms with van der Waals surface area (Å²) in [6.45, 7) is 7.83. The maximum absolute atomic E-state index is 12.5. The first kappa shape index (κ1) is 31.6. The van der Waals surface area contributed by atoms with Crippen molar-refractivity contribution in [2.45, 2.75) is 123 Å². The summed E-state index contributed by atoms with van der Waals surface area (Å²) in [6.07, 6.45) is 21.5. The highest BCUT2D eigenvalue weighted by Gasteiger charge is 2.27. The van der Waals surface area contributed by atoms with Gasteiger partial charge < -0.3 is 19.1 Å². The summed E-state index contributed by atoms with van der Waals surface area (Å²) in [6, 6.07) is 5.71. The normalized spacial score (nSPS) is 17.2. The average molecular weight is 519 g/mol. The van der Waals surface area contributed by atoms with E-state index < -0.39 is 0 Å². The first-order chi connectivity index (χ1) is 18.2. The number of pyridine rings is 1. The molecular weight excluding hydrogens is 464 g/mol. The highest BCUT2D eigenvalue weighted by Crippen LogP contribution is 2.21. The average Bonchev–Trinajstić information content (AvgIpc) is 3.38. The van der Waals surface area contributed by atoms with Crippen LogP contribution in [0, 0.1) is 5.92 Å². The van der Waals surface area contributed by atoms with E-state index in [1.165, 1.54) is 83.5 Å². The predicted octanol–water partition coefficient (Wildman–Crippen LogP) is 7.94. The molecule has 0 spiro atoms. The molecule has 2 rings (SSSR count). The van der Waals surface area contributed by atoms with Crippen LogP contribution in [0.3, 0.4) is 0 Å². The lowest BCUT2D eigenvalue weighted by Crippen LogP contribution is -2.33. The van der Waals surface area contributed by atoms with Crippen molar-refractivity contribution in [2.75, 3.05) is 33.0 Å². The summed E-state index contributed by atoms with van der Waals surface area (Å²) in [5, 5.41) is 0. The molecule has 1 aliphatic rings. The number of unbranched alkanes of at least 4 members (excludes halogenated alkanes) is 13. The third-order valence-electron chi connectivity index (χ3n) is 7.27. The molecule has 0 N–H and O–H groups in total. The van der Waals surface area contributed by atoms with Crippen molar-refractivity contribution >= 4 is 6.09 Å². The number of nitrogens with zero attached hydrogens (tertiary/aromatic N) is 2.